The lowest BCUT2D eigenvalue weighted by Gasteiger charge is -2.30. The third kappa shape index (κ3) is 4.49. The summed E-state index contributed by atoms with van der Waals surface area (Å²) in [7, 11) is -2.96. The summed E-state index contributed by atoms with van der Waals surface area (Å²) in [6, 6.07) is 0. The number of piperidine rings is 1. The van der Waals surface area contributed by atoms with Crippen LogP contribution in [0.3, 0.4) is 0 Å². The Bertz CT molecular complexity index is 269. The summed E-state index contributed by atoms with van der Waals surface area (Å²) in [5.74, 6) is 0.648. The van der Waals surface area contributed by atoms with Gasteiger partial charge in [0.2, 0.25) is 10.0 Å². The molecule has 1 aliphatic rings. The Balaban J connectivity index is 2.24. The van der Waals surface area contributed by atoms with Crippen LogP contribution >= 0.6 is 0 Å². The first-order valence-corrected chi connectivity index (χ1v) is 7.54. The molecule has 5 heteroatoms. The molecule has 1 aliphatic heterocycles. The molecule has 0 saturated carbocycles. The van der Waals surface area contributed by atoms with Crippen LogP contribution in [0.1, 0.15) is 26.2 Å². The van der Waals surface area contributed by atoms with Gasteiger partial charge in [-0.25, -0.2) is 12.7 Å². The smallest absolute Gasteiger partial charge is 0.211 e. The van der Waals surface area contributed by atoms with Crippen LogP contribution in [0.4, 0.5) is 0 Å². The van der Waals surface area contributed by atoms with Crippen molar-refractivity contribution in [1.29, 1.82) is 0 Å². The highest BCUT2D eigenvalue weighted by Gasteiger charge is 2.24. The van der Waals surface area contributed by atoms with E-state index in [-0.39, 0.29) is 0 Å². The van der Waals surface area contributed by atoms with Crippen LogP contribution in [-0.2, 0) is 10.0 Å². The average Bonchev–Trinajstić information content (AvgIpc) is 2.18. The third-order valence-electron chi connectivity index (χ3n) is 2.90. The van der Waals surface area contributed by atoms with E-state index in [0.29, 0.717) is 19.0 Å². The molecule has 0 spiro atoms. The van der Waals surface area contributed by atoms with E-state index < -0.39 is 10.0 Å². The van der Waals surface area contributed by atoms with Gasteiger partial charge in [0.05, 0.1) is 6.26 Å². The number of hydrogen-bond donors (Lipinski definition) is 1. The van der Waals surface area contributed by atoms with Gasteiger partial charge in [0.25, 0.3) is 0 Å². The number of sulfonamides is 1. The van der Waals surface area contributed by atoms with Crippen molar-refractivity contribution < 1.29 is 8.42 Å². The number of nitrogens with zero attached hydrogens (tertiary/aromatic N) is 1. The van der Waals surface area contributed by atoms with Crippen LogP contribution in [0.25, 0.3) is 0 Å². The molecule has 0 bridgehead atoms. The van der Waals surface area contributed by atoms with Gasteiger partial charge in [-0.1, -0.05) is 6.92 Å². The van der Waals surface area contributed by atoms with Gasteiger partial charge in [0.15, 0.2) is 0 Å². The average molecular weight is 234 g/mol. The standard InChI is InChI=1S/C10H22N2O2S/c1-3-6-11-9-10-4-7-12(8-5-10)15(2,13)14/h10-11H,3-9H2,1-2H3. The van der Waals surface area contributed by atoms with Crippen molar-refractivity contribution in [2.45, 2.75) is 26.2 Å². The lowest BCUT2D eigenvalue weighted by molar-refractivity contribution is 0.269. The highest BCUT2D eigenvalue weighted by Crippen LogP contribution is 2.18. The summed E-state index contributed by atoms with van der Waals surface area (Å²) >= 11 is 0. The first kappa shape index (κ1) is 12.9. The molecule has 0 amide bonds. The summed E-state index contributed by atoms with van der Waals surface area (Å²) in [4.78, 5) is 0. The minimum atomic E-state index is -2.96. The molecule has 1 saturated heterocycles. The highest BCUT2D eigenvalue weighted by atomic mass is 32.2. The minimum absolute atomic E-state index is 0.648. The monoisotopic (exact) mass is 234 g/mol. The molecule has 1 fully saturated rings. The largest absolute Gasteiger partial charge is 0.316 e. The fourth-order valence-corrected chi connectivity index (χ4v) is 2.80. The molecule has 0 unspecified atom stereocenters. The molecule has 0 aromatic carbocycles. The molecule has 1 N–H and O–H groups in total. The van der Waals surface area contributed by atoms with Crippen molar-refractivity contribution in [2.24, 2.45) is 5.92 Å². The Morgan fingerprint density at radius 3 is 2.40 bits per heavy atom. The second-order valence-electron chi connectivity index (χ2n) is 4.31. The topological polar surface area (TPSA) is 49.4 Å². The molecule has 90 valence electrons. The first-order valence-electron chi connectivity index (χ1n) is 5.70. The van der Waals surface area contributed by atoms with E-state index in [1.54, 1.807) is 4.31 Å². The maximum absolute atomic E-state index is 11.3. The van der Waals surface area contributed by atoms with Gasteiger partial charge >= 0.3 is 0 Å². The summed E-state index contributed by atoms with van der Waals surface area (Å²) in [6.07, 6.45) is 4.43. The van der Waals surface area contributed by atoms with E-state index in [1.165, 1.54) is 6.26 Å². The lowest BCUT2D eigenvalue weighted by Crippen LogP contribution is -2.40. The number of nitrogens with one attached hydrogen (secondary N) is 1. The molecule has 1 rings (SSSR count). The van der Waals surface area contributed by atoms with Crippen molar-refractivity contribution in [2.75, 3.05) is 32.4 Å². The maximum Gasteiger partial charge on any atom is 0.211 e. The summed E-state index contributed by atoms with van der Waals surface area (Å²) in [6.45, 7) is 5.63. The van der Waals surface area contributed by atoms with E-state index in [4.69, 9.17) is 0 Å². The highest BCUT2D eigenvalue weighted by molar-refractivity contribution is 7.88. The van der Waals surface area contributed by atoms with Gasteiger partial charge in [-0.05, 0) is 38.3 Å². The zero-order valence-corrected chi connectivity index (χ0v) is 10.5. The van der Waals surface area contributed by atoms with Crippen LogP contribution in [0.2, 0.25) is 0 Å². The van der Waals surface area contributed by atoms with Crippen molar-refractivity contribution >= 4 is 10.0 Å². The SMILES string of the molecule is CCCNCC1CCN(S(C)(=O)=O)CC1. The van der Waals surface area contributed by atoms with E-state index >= 15 is 0 Å². The van der Waals surface area contributed by atoms with Crippen LogP contribution in [0.5, 0.6) is 0 Å². The fourth-order valence-electron chi connectivity index (χ4n) is 1.93. The minimum Gasteiger partial charge on any atom is -0.316 e. The summed E-state index contributed by atoms with van der Waals surface area (Å²) < 4.78 is 24.1. The zero-order chi connectivity index (χ0) is 11.3. The maximum atomic E-state index is 11.3. The van der Waals surface area contributed by atoms with Crippen LogP contribution in [0.15, 0.2) is 0 Å². The predicted molar refractivity (Wildman–Crippen MR) is 62.3 cm³/mol. The van der Waals surface area contributed by atoms with Gasteiger partial charge in [0, 0.05) is 13.1 Å². The Morgan fingerprint density at radius 1 is 1.33 bits per heavy atom. The number of hydrogen-bond acceptors (Lipinski definition) is 3. The Morgan fingerprint density at radius 2 is 1.93 bits per heavy atom. The summed E-state index contributed by atoms with van der Waals surface area (Å²) in [5.41, 5.74) is 0. The number of rotatable bonds is 5. The van der Waals surface area contributed by atoms with Crippen molar-refractivity contribution in [3.05, 3.63) is 0 Å². The lowest BCUT2D eigenvalue weighted by atomic mass is 9.98. The predicted octanol–water partition coefficient (Wildman–Crippen LogP) is 0.658. The molecule has 0 aromatic rings. The second-order valence-corrected chi connectivity index (χ2v) is 6.29. The van der Waals surface area contributed by atoms with E-state index in [1.807, 2.05) is 0 Å². The third-order valence-corrected chi connectivity index (χ3v) is 4.21. The van der Waals surface area contributed by atoms with Crippen LogP contribution in [-0.4, -0.2) is 45.2 Å². The molecular weight excluding hydrogens is 212 g/mol. The van der Waals surface area contributed by atoms with Gasteiger partial charge in [-0.15, -0.1) is 0 Å². The van der Waals surface area contributed by atoms with Crippen molar-refractivity contribution in [1.82, 2.24) is 9.62 Å². The Hall–Kier alpha value is -0.130. The summed E-state index contributed by atoms with van der Waals surface area (Å²) in [5, 5.41) is 3.39. The fraction of sp³-hybridized carbons (Fsp3) is 1.00. The quantitative estimate of drug-likeness (QED) is 0.711. The van der Waals surface area contributed by atoms with Gasteiger partial charge in [-0.2, -0.15) is 0 Å². The van der Waals surface area contributed by atoms with E-state index in [9.17, 15) is 8.42 Å². The second kappa shape index (κ2) is 5.82. The first-order chi connectivity index (χ1) is 7.04. The molecule has 0 aliphatic carbocycles. The van der Waals surface area contributed by atoms with Crippen LogP contribution in [0, 0.1) is 5.92 Å². The molecule has 0 aromatic heterocycles. The van der Waals surface area contributed by atoms with Crippen molar-refractivity contribution in [3.63, 3.8) is 0 Å². The molecule has 1 heterocycles. The van der Waals surface area contributed by atoms with Crippen LogP contribution < -0.4 is 5.32 Å². The zero-order valence-electron chi connectivity index (χ0n) is 9.70. The van der Waals surface area contributed by atoms with E-state index in [0.717, 1.165) is 32.4 Å². The van der Waals surface area contributed by atoms with Gasteiger partial charge < -0.3 is 5.32 Å². The Labute approximate surface area is 93.1 Å². The molecule has 4 nitrogen and oxygen atoms in total. The van der Waals surface area contributed by atoms with E-state index in [2.05, 4.69) is 12.2 Å². The molecule has 15 heavy (non-hydrogen) atoms. The van der Waals surface area contributed by atoms with Gasteiger partial charge in [0.1, 0.15) is 0 Å². The molecule has 0 radical (unpaired) electrons. The Kier molecular flexibility index (Phi) is 5.02. The molecule has 0 atom stereocenters. The normalized spacial score (nSPS) is 20.7. The molecular formula is C10H22N2O2S. The van der Waals surface area contributed by atoms with Crippen molar-refractivity contribution in [3.8, 4) is 0 Å². The van der Waals surface area contributed by atoms with Gasteiger partial charge in [-0.3, -0.25) is 0 Å².